The molecule has 2 saturated carbocycles. The molecule has 0 aliphatic heterocycles. The topological polar surface area (TPSA) is 38.0 Å². The molecule has 2 nitrogen and oxygen atoms in total. The van der Waals surface area contributed by atoms with Gasteiger partial charge < -0.3 is 11.1 Å². The molecule has 4 unspecified atom stereocenters. The van der Waals surface area contributed by atoms with Gasteiger partial charge >= 0.3 is 0 Å². The van der Waals surface area contributed by atoms with Crippen molar-refractivity contribution in [3.8, 4) is 0 Å². The molecule has 0 bridgehead atoms. The van der Waals surface area contributed by atoms with Crippen LogP contribution in [0.2, 0.25) is 0 Å². The Morgan fingerprint density at radius 3 is 2.67 bits per heavy atom. The number of nitrogens with one attached hydrogen (secondary N) is 1. The van der Waals surface area contributed by atoms with Gasteiger partial charge in [-0.1, -0.05) is 36.8 Å². The van der Waals surface area contributed by atoms with Crippen molar-refractivity contribution in [3.05, 3.63) is 35.9 Å². The third kappa shape index (κ3) is 2.60. The molecule has 98 valence electrons. The summed E-state index contributed by atoms with van der Waals surface area (Å²) in [6, 6.07) is 11.6. The molecule has 2 fully saturated rings. The first kappa shape index (κ1) is 12.2. The van der Waals surface area contributed by atoms with Crippen LogP contribution in [0.3, 0.4) is 0 Å². The molecule has 1 aromatic carbocycles. The summed E-state index contributed by atoms with van der Waals surface area (Å²) in [6.45, 7) is 2.05. The highest BCUT2D eigenvalue weighted by molar-refractivity contribution is 5.27. The molecule has 0 saturated heterocycles. The van der Waals surface area contributed by atoms with Gasteiger partial charge in [0.25, 0.3) is 0 Å². The number of nitrogens with two attached hydrogens (primary N) is 1. The number of hydrogen-bond acceptors (Lipinski definition) is 2. The fourth-order valence-electron chi connectivity index (χ4n) is 3.48. The zero-order valence-electron chi connectivity index (χ0n) is 11.0. The van der Waals surface area contributed by atoms with Crippen molar-refractivity contribution in [1.82, 2.24) is 5.32 Å². The Morgan fingerprint density at radius 2 is 1.89 bits per heavy atom. The first-order chi connectivity index (χ1) is 8.88. The Balaban J connectivity index is 1.46. The van der Waals surface area contributed by atoms with Gasteiger partial charge in [-0.25, -0.2) is 0 Å². The second-order valence-electron chi connectivity index (χ2n) is 5.95. The molecule has 1 aromatic rings. The molecule has 0 spiro atoms. The minimum absolute atomic E-state index is 0.714. The van der Waals surface area contributed by atoms with Crippen LogP contribution in [0.25, 0.3) is 0 Å². The second kappa shape index (κ2) is 5.41. The van der Waals surface area contributed by atoms with Gasteiger partial charge in [-0.05, 0) is 49.8 Å². The van der Waals surface area contributed by atoms with E-state index in [9.17, 15) is 0 Å². The maximum absolute atomic E-state index is 5.84. The van der Waals surface area contributed by atoms with E-state index in [1.54, 1.807) is 0 Å². The number of benzene rings is 1. The van der Waals surface area contributed by atoms with Crippen LogP contribution in [-0.4, -0.2) is 19.1 Å². The van der Waals surface area contributed by atoms with Crippen LogP contribution in [-0.2, 0) is 0 Å². The lowest BCUT2D eigenvalue weighted by molar-refractivity contribution is 0.372. The van der Waals surface area contributed by atoms with Gasteiger partial charge in [-0.15, -0.1) is 0 Å². The Bertz CT molecular complexity index is 376. The molecule has 0 aromatic heterocycles. The van der Waals surface area contributed by atoms with Crippen molar-refractivity contribution >= 4 is 0 Å². The van der Waals surface area contributed by atoms with Crippen LogP contribution in [0.5, 0.6) is 0 Å². The van der Waals surface area contributed by atoms with Crippen molar-refractivity contribution in [2.75, 3.05) is 13.1 Å². The standard InChI is InChI=1S/C16H24N2/c17-10-13-7-4-8-14(13)11-18-16-9-15(16)12-5-2-1-3-6-12/h1-3,5-6,13-16,18H,4,7-11,17H2. The van der Waals surface area contributed by atoms with E-state index in [-0.39, 0.29) is 0 Å². The third-order valence-electron chi connectivity index (χ3n) is 4.78. The molecular formula is C16H24N2. The van der Waals surface area contributed by atoms with Gasteiger partial charge in [-0.2, -0.15) is 0 Å². The molecular weight excluding hydrogens is 220 g/mol. The van der Waals surface area contributed by atoms with E-state index in [0.717, 1.165) is 24.3 Å². The molecule has 0 heterocycles. The maximum atomic E-state index is 5.84. The molecule has 0 radical (unpaired) electrons. The van der Waals surface area contributed by atoms with Gasteiger partial charge in [0.2, 0.25) is 0 Å². The zero-order valence-corrected chi connectivity index (χ0v) is 11.0. The van der Waals surface area contributed by atoms with Crippen LogP contribution >= 0.6 is 0 Å². The minimum atomic E-state index is 0.714. The summed E-state index contributed by atoms with van der Waals surface area (Å²) in [5, 5.41) is 3.76. The average Bonchev–Trinajstić information content (AvgIpc) is 3.06. The Hall–Kier alpha value is -0.860. The van der Waals surface area contributed by atoms with Crippen LogP contribution in [0.4, 0.5) is 0 Å². The van der Waals surface area contributed by atoms with Crippen molar-refractivity contribution < 1.29 is 0 Å². The van der Waals surface area contributed by atoms with Crippen molar-refractivity contribution in [3.63, 3.8) is 0 Å². The minimum Gasteiger partial charge on any atom is -0.330 e. The Kier molecular flexibility index (Phi) is 3.67. The van der Waals surface area contributed by atoms with Crippen molar-refractivity contribution in [2.45, 2.75) is 37.6 Å². The SMILES string of the molecule is NCC1CCCC1CNC1CC1c1ccccc1. The molecule has 2 heteroatoms. The number of rotatable bonds is 5. The highest BCUT2D eigenvalue weighted by Crippen LogP contribution is 2.41. The summed E-state index contributed by atoms with van der Waals surface area (Å²) >= 11 is 0. The van der Waals surface area contributed by atoms with Crippen LogP contribution in [0.1, 0.15) is 37.2 Å². The van der Waals surface area contributed by atoms with Gasteiger partial charge in [0.15, 0.2) is 0 Å². The quantitative estimate of drug-likeness (QED) is 0.835. The molecule has 3 rings (SSSR count). The fraction of sp³-hybridized carbons (Fsp3) is 0.625. The predicted octanol–water partition coefficient (Wildman–Crippen LogP) is 2.51. The summed E-state index contributed by atoms with van der Waals surface area (Å²) in [6.07, 6.45) is 5.40. The van der Waals surface area contributed by atoms with Crippen LogP contribution in [0.15, 0.2) is 30.3 Å². The lowest BCUT2D eigenvalue weighted by atomic mass is 9.96. The molecule has 3 N–H and O–H groups in total. The fourth-order valence-corrected chi connectivity index (χ4v) is 3.48. The zero-order chi connectivity index (χ0) is 12.4. The largest absolute Gasteiger partial charge is 0.330 e. The maximum Gasteiger partial charge on any atom is 0.0143 e. The molecule has 18 heavy (non-hydrogen) atoms. The summed E-state index contributed by atoms with van der Waals surface area (Å²) < 4.78 is 0. The highest BCUT2D eigenvalue weighted by atomic mass is 15.0. The van der Waals surface area contributed by atoms with E-state index in [0.29, 0.717) is 6.04 Å². The summed E-state index contributed by atoms with van der Waals surface area (Å²) in [5.74, 6) is 2.35. The molecule has 2 aliphatic carbocycles. The lowest BCUT2D eigenvalue weighted by Crippen LogP contribution is -2.30. The summed E-state index contributed by atoms with van der Waals surface area (Å²) in [7, 11) is 0. The van der Waals surface area contributed by atoms with Gasteiger partial charge in [0, 0.05) is 12.0 Å². The van der Waals surface area contributed by atoms with E-state index >= 15 is 0 Å². The van der Waals surface area contributed by atoms with Crippen LogP contribution in [0, 0.1) is 11.8 Å². The second-order valence-corrected chi connectivity index (χ2v) is 5.95. The Morgan fingerprint density at radius 1 is 1.11 bits per heavy atom. The Labute approximate surface area is 110 Å². The van der Waals surface area contributed by atoms with E-state index in [1.165, 1.54) is 37.8 Å². The molecule has 2 aliphatic rings. The van der Waals surface area contributed by atoms with Crippen LogP contribution < -0.4 is 11.1 Å². The average molecular weight is 244 g/mol. The first-order valence-corrected chi connectivity index (χ1v) is 7.37. The monoisotopic (exact) mass is 244 g/mol. The highest BCUT2D eigenvalue weighted by Gasteiger charge is 2.38. The van der Waals surface area contributed by atoms with E-state index < -0.39 is 0 Å². The third-order valence-corrected chi connectivity index (χ3v) is 4.78. The van der Waals surface area contributed by atoms with Crippen molar-refractivity contribution in [1.29, 1.82) is 0 Å². The first-order valence-electron chi connectivity index (χ1n) is 7.37. The van der Waals surface area contributed by atoms with Gasteiger partial charge in [-0.3, -0.25) is 0 Å². The molecule has 0 amide bonds. The van der Waals surface area contributed by atoms with Gasteiger partial charge in [0.05, 0.1) is 0 Å². The summed E-state index contributed by atoms with van der Waals surface area (Å²) in [4.78, 5) is 0. The molecule has 4 atom stereocenters. The van der Waals surface area contributed by atoms with E-state index in [4.69, 9.17) is 5.73 Å². The van der Waals surface area contributed by atoms with Gasteiger partial charge in [0.1, 0.15) is 0 Å². The lowest BCUT2D eigenvalue weighted by Gasteiger charge is -2.18. The normalized spacial score (nSPS) is 34.7. The smallest absolute Gasteiger partial charge is 0.0143 e. The van der Waals surface area contributed by atoms with E-state index in [1.807, 2.05) is 0 Å². The van der Waals surface area contributed by atoms with Crippen molar-refractivity contribution in [2.24, 2.45) is 17.6 Å². The van der Waals surface area contributed by atoms with E-state index in [2.05, 4.69) is 35.6 Å². The predicted molar refractivity (Wildman–Crippen MR) is 75.5 cm³/mol. The summed E-state index contributed by atoms with van der Waals surface area (Å²) in [5.41, 5.74) is 7.33. The number of hydrogen-bond donors (Lipinski definition) is 2.